The van der Waals surface area contributed by atoms with Crippen molar-refractivity contribution in [2.24, 2.45) is 0 Å². The molecule has 1 aromatic heterocycles. The number of amides is 1. The Kier molecular flexibility index (Phi) is 5.14. The van der Waals surface area contributed by atoms with Gasteiger partial charge in [-0.3, -0.25) is 9.52 Å². The van der Waals surface area contributed by atoms with Gasteiger partial charge in [0.25, 0.3) is 15.9 Å². The summed E-state index contributed by atoms with van der Waals surface area (Å²) in [6, 6.07) is 11.1. The van der Waals surface area contributed by atoms with Crippen molar-refractivity contribution in [3.05, 3.63) is 48.2 Å². The zero-order valence-electron chi connectivity index (χ0n) is 15.9. The monoisotopic (exact) mass is 415 g/mol. The summed E-state index contributed by atoms with van der Waals surface area (Å²) in [5, 5.41) is 4.26. The fourth-order valence-electron chi connectivity index (χ4n) is 3.35. The van der Waals surface area contributed by atoms with E-state index in [0.29, 0.717) is 42.1 Å². The minimum atomic E-state index is -3.91. The van der Waals surface area contributed by atoms with Gasteiger partial charge in [0.1, 0.15) is 5.75 Å². The van der Waals surface area contributed by atoms with Crippen LogP contribution in [0.5, 0.6) is 5.75 Å². The van der Waals surface area contributed by atoms with Crippen LogP contribution in [0.3, 0.4) is 0 Å². The Morgan fingerprint density at radius 1 is 1.21 bits per heavy atom. The van der Waals surface area contributed by atoms with Crippen LogP contribution in [-0.4, -0.2) is 44.1 Å². The maximum absolute atomic E-state index is 12.9. The van der Waals surface area contributed by atoms with E-state index in [9.17, 15) is 13.2 Å². The minimum absolute atomic E-state index is 0.00923. The van der Waals surface area contributed by atoms with E-state index in [-0.39, 0.29) is 16.5 Å². The van der Waals surface area contributed by atoms with E-state index < -0.39 is 10.0 Å². The number of fused-ring (bicyclic) bond motifs is 1. The highest BCUT2D eigenvalue weighted by atomic mass is 32.2. The van der Waals surface area contributed by atoms with E-state index in [1.807, 2.05) is 6.92 Å². The van der Waals surface area contributed by atoms with E-state index >= 15 is 0 Å². The number of hydrogen-bond donors (Lipinski definition) is 1. The molecule has 1 aliphatic rings. The molecule has 3 aromatic rings. The molecule has 4 rings (SSSR count). The molecule has 0 atom stereocenters. The third kappa shape index (κ3) is 3.77. The molecule has 0 spiro atoms. The third-order valence-corrected chi connectivity index (χ3v) is 6.14. The van der Waals surface area contributed by atoms with Crippen LogP contribution in [0, 0.1) is 0 Å². The standard InChI is InChI=1S/C20H21N3O5S/c1-2-27-18-8-4-3-7-16(18)22-29(25,26)14-9-10-17-15(13-14)19(21-28-17)20(24)23-11-5-6-12-23/h3-4,7-10,13,22H,2,5-6,11-12H2,1H3. The Morgan fingerprint density at radius 3 is 2.72 bits per heavy atom. The molecule has 8 nitrogen and oxygen atoms in total. The summed E-state index contributed by atoms with van der Waals surface area (Å²) in [6.07, 6.45) is 1.90. The van der Waals surface area contributed by atoms with Gasteiger partial charge in [-0.2, -0.15) is 0 Å². The predicted octanol–water partition coefficient (Wildman–Crippen LogP) is 3.26. The molecule has 2 heterocycles. The highest BCUT2D eigenvalue weighted by Crippen LogP contribution is 2.29. The van der Waals surface area contributed by atoms with Crippen LogP contribution in [-0.2, 0) is 10.0 Å². The summed E-state index contributed by atoms with van der Waals surface area (Å²) in [7, 11) is -3.91. The van der Waals surface area contributed by atoms with Crippen molar-refractivity contribution in [3.63, 3.8) is 0 Å². The molecule has 2 aromatic carbocycles. The molecule has 1 amide bonds. The lowest BCUT2D eigenvalue weighted by molar-refractivity contribution is 0.0784. The first-order valence-corrected chi connectivity index (χ1v) is 10.9. The van der Waals surface area contributed by atoms with Gasteiger partial charge in [0.15, 0.2) is 11.3 Å². The molecule has 0 unspecified atom stereocenters. The van der Waals surface area contributed by atoms with Crippen molar-refractivity contribution in [1.82, 2.24) is 10.1 Å². The molecule has 1 fully saturated rings. The van der Waals surface area contributed by atoms with E-state index in [1.54, 1.807) is 29.2 Å². The highest BCUT2D eigenvalue weighted by Gasteiger charge is 2.26. The zero-order valence-corrected chi connectivity index (χ0v) is 16.7. The Balaban J connectivity index is 1.68. The maximum Gasteiger partial charge on any atom is 0.276 e. The second-order valence-electron chi connectivity index (χ2n) is 6.72. The maximum atomic E-state index is 12.9. The van der Waals surface area contributed by atoms with Crippen LogP contribution in [0.4, 0.5) is 5.69 Å². The number of anilines is 1. The first-order valence-electron chi connectivity index (χ1n) is 9.43. The largest absolute Gasteiger partial charge is 0.492 e. The first kappa shape index (κ1) is 19.3. The van der Waals surface area contributed by atoms with E-state index in [0.717, 1.165) is 12.8 Å². The molecule has 1 saturated heterocycles. The van der Waals surface area contributed by atoms with Gasteiger partial charge in [-0.25, -0.2) is 8.42 Å². The number of ether oxygens (including phenoxy) is 1. The molecular weight excluding hydrogens is 394 g/mol. The molecule has 9 heteroatoms. The molecule has 29 heavy (non-hydrogen) atoms. The van der Waals surface area contributed by atoms with Crippen molar-refractivity contribution in [1.29, 1.82) is 0 Å². The van der Waals surface area contributed by atoms with Crippen molar-refractivity contribution >= 4 is 32.6 Å². The lowest BCUT2D eigenvalue weighted by Crippen LogP contribution is -2.28. The summed E-state index contributed by atoms with van der Waals surface area (Å²) < 4.78 is 39.2. The number of likely N-dealkylation sites (tertiary alicyclic amines) is 1. The van der Waals surface area contributed by atoms with Gasteiger partial charge < -0.3 is 14.2 Å². The van der Waals surface area contributed by atoms with Crippen molar-refractivity contribution in [2.45, 2.75) is 24.7 Å². The summed E-state index contributed by atoms with van der Waals surface area (Å²) in [5.74, 6) is 0.194. The SMILES string of the molecule is CCOc1ccccc1NS(=O)(=O)c1ccc2onc(C(=O)N3CCCC3)c2c1. The summed E-state index contributed by atoms with van der Waals surface area (Å²) >= 11 is 0. The van der Waals surface area contributed by atoms with Crippen molar-refractivity contribution in [3.8, 4) is 5.75 Å². The predicted molar refractivity (Wildman–Crippen MR) is 108 cm³/mol. The van der Waals surface area contributed by atoms with Crippen LogP contribution in [0.1, 0.15) is 30.3 Å². The van der Waals surface area contributed by atoms with E-state index in [1.165, 1.54) is 18.2 Å². The van der Waals surface area contributed by atoms with E-state index in [4.69, 9.17) is 9.26 Å². The quantitative estimate of drug-likeness (QED) is 0.663. The molecular formula is C20H21N3O5S. The second-order valence-corrected chi connectivity index (χ2v) is 8.41. The van der Waals surface area contributed by atoms with Gasteiger partial charge >= 0.3 is 0 Å². The van der Waals surface area contributed by atoms with Gasteiger partial charge in [0.2, 0.25) is 0 Å². The number of benzene rings is 2. The van der Waals surface area contributed by atoms with Gasteiger partial charge in [-0.1, -0.05) is 17.3 Å². The molecule has 1 aliphatic heterocycles. The Bertz CT molecular complexity index is 1150. The van der Waals surface area contributed by atoms with Crippen LogP contribution in [0.15, 0.2) is 51.9 Å². The fraction of sp³-hybridized carbons (Fsp3) is 0.300. The number of carbonyl (C=O) groups excluding carboxylic acids is 1. The van der Waals surface area contributed by atoms with Crippen LogP contribution in [0.2, 0.25) is 0 Å². The molecule has 152 valence electrons. The van der Waals surface area contributed by atoms with Crippen LogP contribution in [0.25, 0.3) is 11.0 Å². The van der Waals surface area contributed by atoms with E-state index in [2.05, 4.69) is 9.88 Å². The zero-order chi connectivity index (χ0) is 20.4. The van der Waals surface area contributed by atoms with Crippen molar-refractivity contribution in [2.75, 3.05) is 24.4 Å². The lowest BCUT2D eigenvalue weighted by atomic mass is 10.2. The summed E-state index contributed by atoms with van der Waals surface area (Å²) in [6.45, 7) is 3.57. The van der Waals surface area contributed by atoms with Crippen molar-refractivity contribution < 1.29 is 22.5 Å². The number of para-hydroxylation sites is 2. The Labute approximate surface area is 168 Å². The Hall–Kier alpha value is -3.07. The normalized spacial score (nSPS) is 14.3. The number of aromatic nitrogens is 1. The summed E-state index contributed by atoms with van der Waals surface area (Å²) in [4.78, 5) is 14.4. The molecule has 0 saturated carbocycles. The number of sulfonamides is 1. The fourth-order valence-corrected chi connectivity index (χ4v) is 4.44. The number of hydrogen-bond acceptors (Lipinski definition) is 6. The van der Waals surface area contributed by atoms with Gasteiger partial charge in [0.05, 0.1) is 22.6 Å². The third-order valence-electron chi connectivity index (χ3n) is 4.78. The topological polar surface area (TPSA) is 102 Å². The average Bonchev–Trinajstić information content (AvgIpc) is 3.38. The number of nitrogens with zero attached hydrogens (tertiary/aromatic N) is 2. The molecule has 0 radical (unpaired) electrons. The minimum Gasteiger partial charge on any atom is -0.492 e. The Morgan fingerprint density at radius 2 is 1.97 bits per heavy atom. The van der Waals surface area contributed by atoms with Crippen LogP contribution < -0.4 is 9.46 Å². The second kappa shape index (κ2) is 7.75. The average molecular weight is 415 g/mol. The van der Waals surface area contributed by atoms with Crippen LogP contribution >= 0.6 is 0 Å². The lowest BCUT2D eigenvalue weighted by Gasteiger charge is -2.14. The van der Waals surface area contributed by atoms with Gasteiger partial charge in [-0.15, -0.1) is 0 Å². The highest BCUT2D eigenvalue weighted by molar-refractivity contribution is 7.92. The molecule has 0 aliphatic carbocycles. The van der Waals surface area contributed by atoms with Gasteiger partial charge in [0, 0.05) is 13.1 Å². The first-order chi connectivity index (χ1) is 14.0. The molecule has 1 N–H and O–H groups in total. The smallest absolute Gasteiger partial charge is 0.276 e. The number of carbonyl (C=O) groups is 1. The number of rotatable bonds is 6. The van der Waals surface area contributed by atoms with Gasteiger partial charge in [-0.05, 0) is 50.1 Å². The summed E-state index contributed by atoms with van der Waals surface area (Å²) in [5.41, 5.74) is 0.836. The molecule has 0 bridgehead atoms. The number of nitrogens with one attached hydrogen (secondary N) is 1.